The van der Waals surface area contributed by atoms with Crippen LogP contribution in [0.1, 0.15) is 43.1 Å². The zero-order valence-corrected chi connectivity index (χ0v) is 12.1. The maximum atomic E-state index is 8.81. The normalized spacial score (nSPS) is 19.0. The molecule has 7 heteroatoms. The zero-order valence-electron chi connectivity index (χ0n) is 12.1. The van der Waals surface area contributed by atoms with Crippen LogP contribution in [0.2, 0.25) is 0 Å². The first-order valence-corrected chi connectivity index (χ1v) is 7.29. The van der Waals surface area contributed by atoms with Gasteiger partial charge in [0.2, 0.25) is 5.89 Å². The van der Waals surface area contributed by atoms with Crippen LogP contribution in [0.4, 0.5) is 0 Å². The summed E-state index contributed by atoms with van der Waals surface area (Å²) in [6.45, 7) is 4.67. The summed E-state index contributed by atoms with van der Waals surface area (Å²) in [6.07, 6.45) is 6.33. The maximum absolute atomic E-state index is 8.81. The smallest absolute Gasteiger partial charge is 0.226 e. The zero-order chi connectivity index (χ0) is 14.7. The highest BCUT2D eigenvalue weighted by Crippen LogP contribution is 2.29. The standard InChI is InChI=1S/C14H18N6O/c1-2-13-17-14(18-21-13)12-4-3-5-19(12)6-7-20-10-11(8-15)9-16-20/h9-10,12H,2-7H2,1H3. The van der Waals surface area contributed by atoms with E-state index in [1.807, 2.05) is 11.6 Å². The van der Waals surface area contributed by atoms with Crippen LogP contribution in [0.25, 0.3) is 0 Å². The topological polar surface area (TPSA) is 83.8 Å². The fourth-order valence-electron chi connectivity index (χ4n) is 2.71. The highest BCUT2D eigenvalue weighted by atomic mass is 16.5. The van der Waals surface area contributed by atoms with Gasteiger partial charge in [-0.05, 0) is 19.4 Å². The van der Waals surface area contributed by atoms with Crippen molar-refractivity contribution in [1.29, 1.82) is 5.26 Å². The van der Waals surface area contributed by atoms with Crippen LogP contribution in [-0.2, 0) is 13.0 Å². The van der Waals surface area contributed by atoms with Gasteiger partial charge < -0.3 is 4.52 Å². The van der Waals surface area contributed by atoms with E-state index in [9.17, 15) is 0 Å². The Hall–Kier alpha value is -2.20. The van der Waals surface area contributed by atoms with Crippen LogP contribution in [0.5, 0.6) is 0 Å². The molecule has 0 amide bonds. The molecule has 1 fully saturated rings. The summed E-state index contributed by atoms with van der Waals surface area (Å²) in [5.74, 6) is 1.49. The third-order valence-electron chi connectivity index (χ3n) is 3.83. The number of nitrogens with zero attached hydrogens (tertiary/aromatic N) is 6. The second-order valence-electron chi connectivity index (χ2n) is 5.20. The van der Waals surface area contributed by atoms with E-state index in [1.54, 1.807) is 12.4 Å². The van der Waals surface area contributed by atoms with Crippen LogP contribution in [0, 0.1) is 11.3 Å². The summed E-state index contributed by atoms with van der Waals surface area (Å²) >= 11 is 0. The van der Waals surface area contributed by atoms with Crippen molar-refractivity contribution in [2.75, 3.05) is 13.1 Å². The number of hydrogen-bond acceptors (Lipinski definition) is 6. The van der Waals surface area contributed by atoms with Crippen LogP contribution in [0.15, 0.2) is 16.9 Å². The largest absolute Gasteiger partial charge is 0.339 e. The van der Waals surface area contributed by atoms with Gasteiger partial charge in [0.1, 0.15) is 6.07 Å². The molecule has 3 heterocycles. The molecule has 0 aromatic carbocycles. The average Bonchev–Trinajstić information content (AvgIpc) is 3.23. The monoisotopic (exact) mass is 286 g/mol. The van der Waals surface area contributed by atoms with Crippen LogP contribution in [0.3, 0.4) is 0 Å². The van der Waals surface area contributed by atoms with E-state index >= 15 is 0 Å². The SMILES string of the molecule is CCc1nc(C2CCCN2CCn2cc(C#N)cn2)no1. The first-order chi connectivity index (χ1) is 10.3. The van der Waals surface area contributed by atoms with Gasteiger partial charge in [-0.15, -0.1) is 0 Å². The fraction of sp³-hybridized carbons (Fsp3) is 0.571. The number of nitriles is 1. The quantitative estimate of drug-likeness (QED) is 0.829. The Morgan fingerprint density at radius 2 is 2.38 bits per heavy atom. The highest BCUT2D eigenvalue weighted by molar-refractivity contribution is 5.21. The van der Waals surface area contributed by atoms with Crippen molar-refractivity contribution in [1.82, 2.24) is 24.8 Å². The van der Waals surface area contributed by atoms with Crippen molar-refractivity contribution in [3.8, 4) is 6.07 Å². The summed E-state index contributed by atoms with van der Waals surface area (Å²) in [7, 11) is 0. The first-order valence-electron chi connectivity index (χ1n) is 7.29. The molecule has 0 aliphatic carbocycles. The van der Waals surface area contributed by atoms with E-state index < -0.39 is 0 Å². The molecule has 1 aliphatic heterocycles. The molecule has 0 N–H and O–H groups in total. The molecule has 7 nitrogen and oxygen atoms in total. The summed E-state index contributed by atoms with van der Waals surface area (Å²) in [5, 5.41) is 17.1. The molecule has 0 spiro atoms. The van der Waals surface area contributed by atoms with Crippen molar-refractivity contribution in [2.45, 2.75) is 38.8 Å². The third-order valence-corrected chi connectivity index (χ3v) is 3.83. The van der Waals surface area contributed by atoms with Crippen LogP contribution < -0.4 is 0 Å². The van der Waals surface area contributed by atoms with Crippen molar-refractivity contribution in [2.24, 2.45) is 0 Å². The van der Waals surface area contributed by atoms with Crippen molar-refractivity contribution < 1.29 is 4.52 Å². The Labute approximate surface area is 123 Å². The molecule has 1 aliphatic rings. The lowest BCUT2D eigenvalue weighted by Crippen LogP contribution is -2.28. The second kappa shape index (κ2) is 6.06. The molecule has 1 saturated heterocycles. The second-order valence-corrected chi connectivity index (χ2v) is 5.20. The molecule has 1 unspecified atom stereocenters. The number of rotatable bonds is 5. The number of hydrogen-bond donors (Lipinski definition) is 0. The van der Waals surface area contributed by atoms with Gasteiger partial charge in [0.15, 0.2) is 5.82 Å². The minimum Gasteiger partial charge on any atom is -0.339 e. The minimum atomic E-state index is 0.236. The Morgan fingerprint density at radius 3 is 3.10 bits per heavy atom. The van der Waals surface area contributed by atoms with Crippen molar-refractivity contribution in [3.63, 3.8) is 0 Å². The third kappa shape index (κ3) is 2.95. The van der Waals surface area contributed by atoms with E-state index in [4.69, 9.17) is 9.78 Å². The van der Waals surface area contributed by atoms with Gasteiger partial charge in [-0.25, -0.2) is 0 Å². The highest BCUT2D eigenvalue weighted by Gasteiger charge is 2.29. The molecule has 2 aromatic heterocycles. The molecular weight excluding hydrogens is 268 g/mol. The Kier molecular flexibility index (Phi) is 3.97. The molecule has 0 radical (unpaired) electrons. The molecule has 21 heavy (non-hydrogen) atoms. The summed E-state index contributed by atoms with van der Waals surface area (Å²) in [6, 6.07) is 2.33. The molecule has 1 atom stereocenters. The van der Waals surface area contributed by atoms with Gasteiger partial charge >= 0.3 is 0 Å². The number of aryl methyl sites for hydroxylation is 1. The molecular formula is C14H18N6O. The molecule has 0 bridgehead atoms. The molecule has 3 rings (SSSR count). The Morgan fingerprint density at radius 1 is 1.48 bits per heavy atom. The van der Waals surface area contributed by atoms with Gasteiger partial charge in [-0.3, -0.25) is 9.58 Å². The van der Waals surface area contributed by atoms with Gasteiger partial charge in [0.25, 0.3) is 0 Å². The van der Waals surface area contributed by atoms with Gasteiger partial charge in [0, 0.05) is 19.2 Å². The lowest BCUT2D eigenvalue weighted by Gasteiger charge is -2.21. The average molecular weight is 286 g/mol. The van der Waals surface area contributed by atoms with E-state index in [-0.39, 0.29) is 6.04 Å². The Bertz CT molecular complexity index is 640. The maximum Gasteiger partial charge on any atom is 0.226 e. The summed E-state index contributed by atoms with van der Waals surface area (Å²) in [5.41, 5.74) is 0.596. The van der Waals surface area contributed by atoms with Gasteiger partial charge in [0.05, 0.1) is 24.3 Å². The Balaban J connectivity index is 1.63. The van der Waals surface area contributed by atoms with E-state index in [0.29, 0.717) is 11.5 Å². The van der Waals surface area contributed by atoms with Crippen molar-refractivity contribution >= 4 is 0 Å². The fourth-order valence-corrected chi connectivity index (χ4v) is 2.71. The van der Waals surface area contributed by atoms with Crippen LogP contribution in [-0.4, -0.2) is 37.9 Å². The molecule has 110 valence electrons. The molecule has 2 aromatic rings. The van der Waals surface area contributed by atoms with Gasteiger partial charge in [-0.1, -0.05) is 12.1 Å². The predicted octanol–water partition coefficient (Wildman–Crippen LogP) is 1.54. The minimum absolute atomic E-state index is 0.236. The summed E-state index contributed by atoms with van der Waals surface area (Å²) in [4.78, 5) is 6.81. The lowest BCUT2D eigenvalue weighted by molar-refractivity contribution is 0.230. The summed E-state index contributed by atoms with van der Waals surface area (Å²) < 4.78 is 7.02. The first kappa shape index (κ1) is 13.8. The van der Waals surface area contributed by atoms with Gasteiger partial charge in [-0.2, -0.15) is 15.3 Å². The van der Waals surface area contributed by atoms with Crippen molar-refractivity contribution in [3.05, 3.63) is 29.7 Å². The number of aromatic nitrogens is 4. The predicted molar refractivity (Wildman–Crippen MR) is 74.2 cm³/mol. The van der Waals surface area contributed by atoms with Crippen LogP contribution >= 0.6 is 0 Å². The van der Waals surface area contributed by atoms with E-state index in [1.165, 1.54) is 0 Å². The van der Waals surface area contributed by atoms with E-state index in [2.05, 4.69) is 26.2 Å². The van der Waals surface area contributed by atoms with E-state index in [0.717, 1.165) is 44.7 Å². The number of likely N-dealkylation sites (tertiary alicyclic amines) is 1. The molecule has 0 saturated carbocycles. The lowest BCUT2D eigenvalue weighted by atomic mass is 10.2.